The van der Waals surface area contributed by atoms with Crippen LogP contribution in [0.5, 0.6) is 0 Å². The number of rotatable bonds is 4. The predicted molar refractivity (Wildman–Crippen MR) is 109 cm³/mol. The maximum Gasteiger partial charge on any atom is 0.159 e. The average Bonchev–Trinajstić information content (AvgIpc) is 3.26. The second-order valence-corrected chi connectivity index (χ2v) is 7.40. The summed E-state index contributed by atoms with van der Waals surface area (Å²) in [6.07, 6.45) is 4.88. The highest BCUT2D eigenvalue weighted by Gasteiger charge is 2.33. The largest absolute Gasteiger partial charge is 0.355 e. The quantitative estimate of drug-likeness (QED) is 0.550. The molecular weight excluding hydrogens is 350 g/mol. The van der Waals surface area contributed by atoms with Crippen LogP contribution in [0.3, 0.4) is 0 Å². The molecule has 4 aromatic rings. The fraction of sp³-hybridized carbons (Fsp3) is 0.333. The molecule has 0 bridgehead atoms. The van der Waals surface area contributed by atoms with E-state index in [4.69, 9.17) is 4.98 Å². The molecule has 0 unspecified atom stereocenters. The first-order valence-electron chi connectivity index (χ1n) is 9.68. The van der Waals surface area contributed by atoms with E-state index in [0.29, 0.717) is 5.92 Å². The summed E-state index contributed by atoms with van der Waals surface area (Å²) < 4.78 is 4.05. The van der Waals surface area contributed by atoms with Crippen LogP contribution in [-0.4, -0.2) is 42.4 Å². The van der Waals surface area contributed by atoms with Gasteiger partial charge in [0.1, 0.15) is 17.5 Å². The van der Waals surface area contributed by atoms with Gasteiger partial charge < -0.3 is 9.47 Å². The van der Waals surface area contributed by atoms with Gasteiger partial charge in [0.15, 0.2) is 5.82 Å². The number of hydrogen-bond donors (Lipinski definition) is 0. The number of benzene rings is 1. The monoisotopic (exact) mass is 373 g/mol. The summed E-state index contributed by atoms with van der Waals surface area (Å²) in [5, 5.41) is 4.44. The van der Waals surface area contributed by atoms with Gasteiger partial charge in [-0.25, -0.2) is 19.6 Å². The summed E-state index contributed by atoms with van der Waals surface area (Å²) in [5.41, 5.74) is 3.44. The normalized spacial score (nSPS) is 14.6. The van der Waals surface area contributed by atoms with Crippen molar-refractivity contribution in [3.8, 4) is 5.82 Å². The number of fused-ring (bicyclic) bond motifs is 1. The van der Waals surface area contributed by atoms with Crippen LogP contribution >= 0.6 is 0 Å². The van der Waals surface area contributed by atoms with Gasteiger partial charge in [0.25, 0.3) is 0 Å². The van der Waals surface area contributed by atoms with Gasteiger partial charge in [0.2, 0.25) is 0 Å². The van der Waals surface area contributed by atoms with Crippen LogP contribution in [-0.2, 0) is 13.5 Å². The van der Waals surface area contributed by atoms with Crippen molar-refractivity contribution in [1.29, 1.82) is 0 Å². The van der Waals surface area contributed by atoms with Crippen molar-refractivity contribution in [2.75, 3.05) is 18.0 Å². The SMILES string of the molecule is CCc1cnn(-c2cc(N3CC(c4nc5ccccc5n4C)C3)nc(C)n2)c1. The highest BCUT2D eigenvalue weighted by Crippen LogP contribution is 2.32. The van der Waals surface area contributed by atoms with E-state index in [1.165, 1.54) is 11.1 Å². The number of para-hydroxylation sites is 2. The first-order chi connectivity index (χ1) is 13.6. The highest BCUT2D eigenvalue weighted by atomic mass is 15.3. The fourth-order valence-corrected chi connectivity index (χ4v) is 3.84. The lowest BCUT2D eigenvalue weighted by atomic mass is 9.99. The van der Waals surface area contributed by atoms with Gasteiger partial charge in [-0.3, -0.25) is 0 Å². The molecule has 4 heterocycles. The molecule has 0 radical (unpaired) electrons. The molecule has 7 heteroatoms. The maximum absolute atomic E-state index is 4.85. The standard InChI is InChI=1S/C21H23N7/c1-4-15-10-22-28(11-15)20-9-19(23-14(2)24-20)27-12-16(13-27)21-25-17-7-5-6-8-18(17)26(21)3/h5-11,16H,4,12-13H2,1-3H3. The molecule has 1 aromatic carbocycles. The number of anilines is 1. The fourth-order valence-electron chi connectivity index (χ4n) is 3.84. The molecule has 0 aliphatic carbocycles. The van der Waals surface area contributed by atoms with Crippen molar-refractivity contribution in [3.05, 3.63) is 59.9 Å². The van der Waals surface area contributed by atoms with Crippen molar-refractivity contribution >= 4 is 16.9 Å². The molecule has 0 N–H and O–H groups in total. The predicted octanol–water partition coefficient (Wildman–Crippen LogP) is 3.02. The van der Waals surface area contributed by atoms with Gasteiger partial charge in [-0.15, -0.1) is 0 Å². The Morgan fingerprint density at radius 2 is 1.86 bits per heavy atom. The lowest BCUT2D eigenvalue weighted by Gasteiger charge is -2.39. The van der Waals surface area contributed by atoms with Gasteiger partial charge in [-0.1, -0.05) is 19.1 Å². The smallest absolute Gasteiger partial charge is 0.159 e. The minimum atomic E-state index is 0.410. The van der Waals surface area contributed by atoms with Gasteiger partial charge in [0.05, 0.1) is 23.1 Å². The zero-order valence-corrected chi connectivity index (χ0v) is 16.4. The third kappa shape index (κ3) is 2.74. The molecule has 1 aliphatic heterocycles. The van der Waals surface area contributed by atoms with E-state index < -0.39 is 0 Å². The van der Waals surface area contributed by atoms with Crippen molar-refractivity contribution in [3.63, 3.8) is 0 Å². The third-order valence-electron chi connectivity index (χ3n) is 5.48. The second-order valence-electron chi connectivity index (χ2n) is 7.40. The topological polar surface area (TPSA) is 64.7 Å². The van der Waals surface area contributed by atoms with Crippen LogP contribution in [0.15, 0.2) is 42.7 Å². The Balaban J connectivity index is 1.39. The summed E-state index contributed by atoms with van der Waals surface area (Å²) in [5.74, 6) is 4.07. The minimum Gasteiger partial charge on any atom is -0.355 e. The zero-order valence-electron chi connectivity index (χ0n) is 16.4. The molecule has 0 amide bonds. The van der Waals surface area contributed by atoms with Crippen molar-refractivity contribution < 1.29 is 0 Å². The van der Waals surface area contributed by atoms with Crippen LogP contribution in [0.2, 0.25) is 0 Å². The summed E-state index contributed by atoms with van der Waals surface area (Å²) in [4.78, 5) is 16.3. The molecule has 1 fully saturated rings. The molecule has 3 aromatic heterocycles. The lowest BCUT2D eigenvalue weighted by Crippen LogP contribution is -2.46. The third-order valence-corrected chi connectivity index (χ3v) is 5.48. The minimum absolute atomic E-state index is 0.410. The van der Waals surface area contributed by atoms with Crippen LogP contribution in [0, 0.1) is 6.92 Å². The number of aryl methyl sites for hydroxylation is 3. The number of nitrogens with zero attached hydrogens (tertiary/aromatic N) is 7. The Morgan fingerprint density at radius 1 is 1.07 bits per heavy atom. The van der Waals surface area contributed by atoms with Gasteiger partial charge in [0, 0.05) is 32.4 Å². The van der Waals surface area contributed by atoms with E-state index in [2.05, 4.69) is 56.7 Å². The van der Waals surface area contributed by atoms with Crippen molar-refractivity contribution in [1.82, 2.24) is 29.3 Å². The van der Waals surface area contributed by atoms with E-state index in [-0.39, 0.29) is 0 Å². The first kappa shape index (κ1) is 16.9. The number of aromatic nitrogens is 6. The number of imidazole rings is 1. The van der Waals surface area contributed by atoms with E-state index in [0.717, 1.165) is 48.3 Å². The van der Waals surface area contributed by atoms with Crippen molar-refractivity contribution in [2.24, 2.45) is 7.05 Å². The molecule has 1 saturated heterocycles. The van der Waals surface area contributed by atoms with Crippen LogP contribution < -0.4 is 4.90 Å². The van der Waals surface area contributed by atoms with Gasteiger partial charge in [-0.05, 0) is 31.0 Å². The molecule has 0 spiro atoms. The van der Waals surface area contributed by atoms with Gasteiger partial charge in [-0.2, -0.15) is 5.10 Å². The second kappa shape index (κ2) is 6.44. The molecule has 0 atom stereocenters. The summed E-state index contributed by atoms with van der Waals surface area (Å²) >= 11 is 0. The maximum atomic E-state index is 4.85. The number of hydrogen-bond acceptors (Lipinski definition) is 5. The van der Waals surface area contributed by atoms with Crippen molar-refractivity contribution in [2.45, 2.75) is 26.2 Å². The highest BCUT2D eigenvalue weighted by molar-refractivity contribution is 5.76. The Morgan fingerprint density at radius 3 is 2.61 bits per heavy atom. The lowest BCUT2D eigenvalue weighted by molar-refractivity contribution is 0.485. The molecule has 5 rings (SSSR count). The Labute approximate surface area is 163 Å². The van der Waals surface area contributed by atoms with E-state index in [1.54, 1.807) is 0 Å². The molecular formula is C21H23N7. The summed E-state index contributed by atoms with van der Waals surface area (Å²) in [6.45, 7) is 5.87. The Bertz CT molecular complexity index is 1150. The summed E-state index contributed by atoms with van der Waals surface area (Å²) in [6, 6.07) is 10.3. The molecule has 0 saturated carbocycles. The van der Waals surface area contributed by atoms with Gasteiger partial charge >= 0.3 is 0 Å². The first-order valence-corrected chi connectivity index (χ1v) is 9.68. The molecule has 7 nitrogen and oxygen atoms in total. The molecule has 1 aliphatic rings. The Hall–Kier alpha value is -3.22. The van der Waals surface area contributed by atoms with Crippen LogP contribution in [0.1, 0.15) is 30.1 Å². The molecule has 28 heavy (non-hydrogen) atoms. The van der Waals surface area contributed by atoms with Crippen LogP contribution in [0.25, 0.3) is 16.9 Å². The van der Waals surface area contributed by atoms with E-state index in [9.17, 15) is 0 Å². The van der Waals surface area contributed by atoms with E-state index in [1.807, 2.05) is 36.1 Å². The zero-order chi connectivity index (χ0) is 19.3. The van der Waals surface area contributed by atoms with Crippen LogP contribution in [0.4, 0.5) is 5.82 Å². The Kier molecular flexibility index (Phi) is 3.89. The summed E-state index contributed by atoms with van der Waals surface area (Å²) in [7, 11) is 2.10. The molecule has 142 valence electrons. The van der Waals surface area contributed by atoms with E-state index >= 15 is 0 Å². The average molecular weight is 373 g/mol.